The maximum atomic E-state index is 12.7. The van der Waals surface area contributed by atoms with Crippen molar-refractivity contribution in [1.29, 1.82) is 0 Å². The molecule has 0 saturated heterocycles. The van der Waals surface area contributed by atoms with Crippen LogP contribution in [0, 0.1) is 19.3 Å². The van der Waals surface area contributed by atoms with Crippen LogP contribution in [0.5, 0.6) is 5.75 Å². The van der Waals surface area contributed by atoms with E-state index in [9.17, 15) is 4.79 Å². The smallest absolute Gasteiger partial charge is 0.238 e. The molecule has 0 saturated carbocycles. The number of fused-ring (bicyclic) bond motifs is 1. The molecule has 2 aromatic carbocycles. The van der Waals surface area contributed by atoms with Crippen molar-refractivity contribution in [3.63, 3.8) is 0 Å². The number of terminal acetylenes is 1. The summed E-state index contributed by atoms with van der Waals surface area (Å²) in [6.45, 7) is 4.15. The van der Waals surface area contributed by atoms with Crippen molar-refractivity contribution >= 4 is 23.5 Å². The van der Waals surface area contributed by atoms with E-state index in [4.69, 9.17) is 16.3 Å². The summed E-state index contributed by atoms with van der Waals surface area (Å²) in [5.41, 5.74) is 3.91. The summed E-state index contributed by atoms with van der Waals surface area (Å²) in [6, 6.07) is 17.7. The normalized spacial score (nSPS) is 18.3. The molecule has 6 heteroatoms. The lowest BCUT2D eigenvalue weighted by molar-refractivity contribution is -0.115. The number of hydrogen-bond donors (Lipinski definition) is 1. The van der Waals surface area contributed by atoms with Gasteiger partial charge in [0.05, 0.1) is 21.9 Å². The van der Waals surface area contributed by atoms with Gasteiger partial charge in [-0.1, -0.05) is 36.3 Å². The fourth-order valence-electron chi connectivity index (χ4n) is 3.39. The Morgan fingerprint density at radius 1 is 1.21 bits per heavy atom. The Bertz CT molecular complexity index is 1070. The van der Waals surface area contributed by atoms with Crippen LogP contribution in [0.1, 0.15) is 29.0 Å². The fraction of sp³-hybridized carbons (Fsp3) is 0.217. The first-order valence-electron chi connectivity index (χ1n) is 9.36. The number of anilines is 1. The number of aryl methyl sites for hydroxylation is 1. The molecule has 1 aromatic heterocycles. The van der Waals surface area contributed by atoms with Gasteiger partial charge >= 0.3 is 0 Å². The minimum absolute atomic E-state index is 0.0233. The van der Waals surface area contributed by atoms with Crippen molar-refractivity contribution in [2.75, 3.05) is 11.9 Å². The zero-order chi connectivity index (χ0) is 20.4. The number of ether oxygens (including phenoxy) is 1. The molecule has 1 amide bonds. The first-order valence-corrected chi connectivity index (χ1v) is 10.3. The number of carbonyl (C=O) groups is 1. The van der Waals surface area contributed by atoms with Crippen LogP contribution in [0.3, 0.4) is 0 Å². The lowest BCUT2D eigenvalue weighted by atomic mass is 10.0. The van der Waals surface area contributed by atoms with E-state index in [2.05, 4.69) is 11.2 Å². The predicted octanol–water partition coefficient (Wildman–Crippen LogP) is 4.36. The first-order chi connectivity index (χ1) is 14.1. The molecule has 2 heterocycles. The molecule has 0 unspecified atom stereocenters. The third-order valence-corrected chi connectivity index (χ3v) is 6.23. The van der Waals surface area contributed by atoms with Crippen molar-refractivity contribution in [3.05, 3.63) is 71.4 Å². The topological polar surface area (TPSA) is 56.1 Å². The molecule has 0 spiro atoms. The van der Waals surface area contributed by atoms with E-state index in [1.54, 1.807) is 11.8 Å². The molecule has 1 aliphatic heterocycles. The van der Waals surface area contributed by atoms with E-state index in [0.717, 1.165) is 34.1 Å². The summed E-state index contributed by atoms with van der Waals surface area (Å²) < 4.78 is 7.31. The predicted molar refractivity (Wildman–Crippen MR) is 117 cm³/mol. The Labute approximate surface area is 174 Å². The van der Waals surface area contributed by atoms with Crippen molar-refractivity contribution < 1.29 is 9.53 Å². The number of nitrogens with zero attached hydrogens (tertiary/aromatic N) is 2. The lowest BCUT2D eigenvalue weighted by Crippen LogP contribution is -2.22. The zero-order valence-electron chi connectivity index (χ0n) is 16.3. The molecule has 0 bridgehead atoms. The molecule has 3 aromatic rings. The summed E-state index contributed by atoms with van der Waals surface area (Å²) in [5, 5.41) is 7.60. The summed E-state index contributed by atoms with van der Waals surface area (Å²) in [4.78, 5) is 12.7. The van der Waals surface area contributed by atoms with E-state index in [0.29, 0.717) is 0 Å². The largest absolute Gasteiger partial charge is 0.481 e. The number of benzene rings is 2. The second kappa shape index (κ2) is 8.06. The van der Waals surface area contributed by atoms with Gasteiger partial charge < -0.3 is 10.1 Å². The van der Waals surface area contributed by atoms with Crippen molar-refractivity contribution in [2.45, 2.75) is 24.3 Å². The van der Waals surface area contributed by atoms with Gasteiger partial charge in [0.25, 0.3) is 0 Å². The lowest BCUT2D eigenvalue weighted by Gasteiger charge is -2.18. The fourth-order valence-corrected chi connectivity index (χ4v) is 4.71. The van der Waals surface area contributed by atoms with Crippen molar-refractivity contribution in [3.8, 4) is 23.8 Å². The molecule has 4 rings (SSSR count). The minimum Gasteiger partial charge on any atom is -0.481 e. The van der Waals surface area contributed by atoms with Crippen LogP contribution >= 0.6 is 11.8 Å². The highest BCUT2D eigenvalue weighted by Crippen LogP contribution is 2.46. The van der Waals surface area contributed by atoms with E-state index >= 15 is 0 Å². The van der Waals surface area contributed by atoms with Gasteiger partial charge in [-0.25, -0.2) is 4.68 Å². The van der Waals surface area contributed by atoms with Crippen LogP contribution in [-0.2, 0) is 4.79 Å². The third kappa shape index (κ3) is 3.74. The molecule has 5 nitrogen and oxygen atoms in total. The number of thioether (sulfide) groups is 1. The molecule has 2 atom stereocenters. The first kappa shape index (κ1) is 19.2. The number of amides is 1. The minimum atomic E-state index is -0.201. The average molecular weight is 404 g/mol. The quantitative estimate of drug-likeness (QED) is 0.658. The highest BCUT2D eigenvalue weighted by Gasteiger charge is 2.34. The molecule has 1 aliphatic rings. The van der Waals surface area contributed by atoms with Crippen LogP contribution in [-0.4, -0.2) is 27.5 Å². The van der Waals surface area contributed by atoms with Gasteiger partial charge in [-0.3, -0.25) is 4.79 Å². The summed E-state index contributed by atoms with van der Waals surface area (Å²) in [7, 11) is 0. The molecule has 0 fully saturated rings. The van der Waals surface area contributed by atoms with Gasteiger partial charge in [0.2, 0.25) is 5.91 Å². The van der Waals surface area contributed by atoms with Gasteiger partial charge in [0.15, 0.2) is 0 Å². The molecular weight excluding hydrogens is 382 g/mol. The Kier molecular flexibility index (Phi) is 5.32. The number of rotatable bonds is 4. The zero-order valence-corrected chi connectivity index (χ0v) is 17.1. The van der Waals surface area contributed by atoms with E-state index in [-0.39, 0.29) is 23.0 Å². The number of aromatic nitrogens is 2. The molecule has 1 N–H and O–H groups in total. The SMILES string of the molecule is C#CCOc1ccc([C@H]2S[C@@H](C)C(=O)Nc3c2c(C)nn3-c2ccccc2)cc1. The van der Waals surface area contributed by atoms with Crippen LogP contribution in [0.15, 0.2) is 54.6 Å². The Morgan fingerprint density at radius 2 is 1.93 bits per heavy atom. The summed E-state index contributed by atoms with van der Waals surface area (Å²) in [5.74, 6) is 3.90. The third-order valence-electron chi connectivity index (χ3n) is 4.83. The van der Waals surface area contributed by atoms with Gasteiger partial charge in [0, 0.05) is 5.56 Å². The van der Waals surface area contributed by atoms with Gasteiger partial charge in [-0.2, -0.15) is 5.10 Å². The Morgan fingerprint density at radius 3 is 2.62 bits per heavy atom. The van der Waals surface area contributed by atoms with Crippen LogP contribution in [0.25, 0.3) is 5.69 Å². The van der Waals surface area contributed by atoms with Crippen LogP contribution in [0.4, 0.5) is 5.82 Å². The van der Waals surface area contributed by atoms with Crippen molar-refractivity contribution in [2.24, 2.45) is 0 Å². The molecule has 0 aliphatic carbocycles. The summed E-state index contributed by atoms with van der Waals surface area (Å²) >= 11 is 1.62. The molecular formula is C23H21N3O2S. The summed E-state index contributed by atoms with van der Waals surface area (Å²) in [6.07, 6.45) is 5.26. The number of nitrogens with one attached hydrogen (secondary N) is 1. The second-order valence-corrected chi connectivity index (χ2v) is 8.26. The van der Waals surface area contributed by atoms with Gasteiger partial charge in [-0.05, 0) is 43.7 Å². The van der Waals surface area contributed by atoms with E-state index in [1.165, 1.54) is 0 Å². The Hall–Kier alpha value is -3.17. The number of carbonyl (C=O) groups excluding carboxylic acids is 1. The second-order valence-electron chi connectivity index (χ2n) is 6.80. The number of para-hydroxylation sites is 1. The van der Waals surface area contributed by atoms with E-state index < -0.39 is 0 Å². The highest BCUT2D eigenvalue weighted by molar-refractivity contribution is 8.01. The molecule has 29 heavy (non-hydrogen) atoms. The molecule has 0 radical (unpaired) electrons. The van der Waals surface area contributed by atoms with Crippen LogP contribution in [0.2, 0.25) is 0 Å². The monoisotopic (exact) mass is 403 g/mol. The standard InChI is InChI=1S/C23H21N3O2S/c1-4-14-28-19-12-10-17(11-13-19)21-20-15(2)25-26(18-8-6-5-7-9-18)22(20)24-23(27)16(3)29-21/h1,5-13,16,21H,14H2,2-3H3,(H,24,27)/t16-,21+/m0/s1. The molecule has 146 valence electrons. The van der Waals surface area contributed by atoms with Gasteiger partial charge in [0.1, 0.15) is 18.2 Å². The van der Waals surface area contributed by atoms with Crippen molar-refractivity contribution in [1.82, 2.24) is 9.78 Å². The highest BCUT2D eigenvalue weighted by atomic mass is 32.2. The van der Waals surface area contributed by atoms with E-state index in [1.807, 2.05) is 73.1 Å². The number of hydrogen-bond acceptors (Lipinski definition) is 4. The maximum absolute atomic E-state index is 12.7. The average Bonchev–Trinajstić information content (AvgIpc) is 2.99. The Balaban J connectivity index is 1.80. The maximum Gasteiger partial charge on any atom is 0.238 e. The van der Waals surface area contributed by atoms with Crippen LogP contribution < -0.4 is 10.1 Å². The van der Waals surface area contributed by atoms with Gasteiger partial charge in [-0.15, -0.1) is 18.2 Å².